The van der Waals surface area contributed by atoms with Crippen molar-refractivity contribution in [2.24, 2.45) is 0 Å². The normalized spacial score (nSPS) is 16.1. The molecule has 0 unspecified atom stereocenters. The molecule has 26 heavy (non-hydrogen) atoms. The van der Waals surface area contributed by atoms with Crippen molar-refractivity contribution in [3.63, 3.8) is 0 Å². The van der Waals surface area contributed by atoms with E-state index >= 15 is 0 Å². The summed E-state index contributed by atoms with van der Waals surface area (Å²) in [7, 11) is 0. The first-order chi connectivity index (χ1) is 12.6. The van der Waals surface area contributed by atoms with E-state index in [0.717, 1.165) is 11.1 Å². The summed E-state index contributed by atoms with van der Waals surface area (Å²) in [6.45, 7) is 1.36. The van der Waals surface area contributed by atoms with Crippen molar-refractivity contribution in [1.82, 2.24) is 15.2 Å². The lowest BCUT2D eigenvalue weighted by molar-refractivity contribution is -0.123. The molecule has 3 rings (SSSR count). The van der Waals surface area contributed by atoms with E-state index in [1.807, 2.05) is 42.5 Å². The number of benzene rings is 1. The van der Waals surface area contributed by atoms with Crippen LogP contribution in [-0.4, -0.2) is 40.1 Å². The second-order valence-electron chi connectivity index (χ2n) is 6.72. The minimum absolute atomic E-state index is 0.0190. The Balaban J connectivity index is 1.70. The van der Waals surface area contributed by atoms with Gasteiger partial charge in [-0.05, 0) is 36.1 Å². The predicted molar refractivity (Wildman–Crippen MR) is 97.7 cm³/mol. The highest BCUT2D eigenvalue weighted by Gasteiger charge is 2.39. The van der Waals surface area contributed by atoms with Crippen LogP contribution in [0.1, 0.15) is 30.4 Å². The first kappa shape index (κ1) is 17.9. The number of hydrogen-bond donors (Lipinski definition) is 2. The molecule has 0 saturated carbocycles. The van der Waals surface area contributed by atoms with Crippen LogP contribution in [0.3, 0.4) is 0 Å². The standard InChI is InChI=1S/C20H23N3O3/c24-18(22-15-16-6-10-21-11-7-16)14-20(17-4-2-1-3-5-17)8-12-23(13-9-20)19(25)26/h1-7,10-11H,8-9,12-15H2,(H,22,24)(H,25,26). The van der Waals surface area contributed by atoms with Gasteiger partial charge in [-0.1, -0.05) is 30.3 Å². The highest BCUT2D eigenvalue weighted by Crippen LogP contribution is 2.38. The molecule has 2 heterocycles. The Bertz CT molecular complexity index is 741. The van der Waals surface area contributed by atoms with E-state index in [-0.39, 0.29) is 11.3 Å². The maximum absolute atomic E-state index is 12.6. The van der Waals surface area contributed by atoms with Gasteiger partial charge >= 0.3 is 6.09 Å². The van der Waals surface area contributed by atoms with Crippen molar-refractivity contribution in [2.45, 2.75) is 31.2 Å². The van der Waals surface area contributed by atoms with Crippen LogP contribution >= 0.6 is 0 Å². The molecule has 0 atom stereocenters. The number of carboxylic acid groups (broad SMARTS) is 1. The molecule has 0 bridgehead atoms. The van der Waals surface area contributed by atoms with E-state index in [4.69, 9.17) is 0 Å². The maximum Gasteiger partial charge on any atom is 0.407 e. The van der Waals surface area contributed by atoms with Gasteiger partial charge in [-0.15, -0.1) is 0 Å². The average Bonchev–Trinajstić information content (AvgIpc) is 2.68. The van der Waals surface area contributed by atoms with Crippen molar-refractivity contribution in [3.05, 3.63) is 66.0 Å². The molecule has 0 radical (unpaired) electrons. The fourth-order valence-corrected chi connectivity index (χ4v) is 3.56. The molecule has 1 aromatic heterocycles. The van der Waals surface area contributed by atoms with E-state index < -0.39 is 6.09 Å². The number of nitrogens with one attached hydrogen (secondary N) is 1. The van der Waals surface area contributed by atoms with Crippen LogP contribution in [0, 0.1) is 0 Å². The van der Waals surface area contributed by atoms with Gasteiger partial charge in [0.15, 0.2) is 0 Å². The predicted octanol–water partition coefficient (Wildman–Crippen LogP) is 2.80. The first-order valence-corrected chi connectivity index (χ1v) is 8.78. The van der Waals surface area contributed by atoms with Gasteiger partial charge < -0.3 is 15.3 Å². The van der Waals surface area contributed by atoms with E-state index in [2.05, 4.69) is 10.3 Å². The fraction of sp³-hybridized carbons (Fsp3) is 0.350. The monoisotopic (exact) mass is 353 g/mol. The largest absolute Gasteiger partial charge is 0.465 e. The molecule has 1 aromatic carbocycles. The molecule has 2 amide bonds. The van der Waals surface area contributed by atoms with Crippen LogP contribution in [-0.2, 0) is 16.8 Å². The van der Waals surface area contributed by atoms with Gasteiger partial charge in [0, 0.05) is 43.9 Å². The third-order valence-electron chi connectivity index (χ3n) is 5.12. The summed E-state index contributed by atoms with van der Waals surface area (Å²) in [4.78, 5) is 29.2. The Morgan fingerprint density at radius 3 is 2.35 bits per heavy atom. The van der Waals surface area contributed by atoms with Gasteiger partial charge in [0.1, 0.15) is 0 Å². The van der Waals surface area contributed by atoms with Gasteiger partial charge in [-0.25, -0.2) is 4.79 Å². The van der Waals surface area contributed by atoms with Gasteiger partial charge in [0.2, 0.25) is 5.91 Å². The number of carbonyl (C=O) groups is 2. The molecule has 2 aromatic rings. The topological polar surface area (TPSA) is 82.5 Å². The zero-order valence-electron chi connectivity index (χ0n) is 14.6. The van der Waals surface area contributed by atoms with Crippen molar-refractivity contribution >= 4 is 12.0 Å². The Kier molecular flexibility index (Phi) is 5.51. The van der Waals surface area contributed by atoms with Crippen molar-refractivity contribution in [3.8, 4) is 0 Å². The summed E-state index contributed by atoms with van der Waals surface area (Å²) in [5.41, 5.74) is 1.78. The maximum atomic E-state index is 12.6. The third kappa shape index (κ3) is 4.20. The van der Waals surface area contributed by atoms with Crippen LogP contribution < -0.4 is 5.32 Å². The molecule has 1 aliphatic rings. The second kappa shape index (κ2) is 7.99. The number of hydrogen-bond acceptors (Lipinski definition) is 3. The molecule has 1 aliphatic heterocycles. The van der Waals surface area contributed by atoms with Crippen LogP contribution in [0.2, 0.25) is 0 Å². The zero-order chi connectivity index (χ0) is 18.4. The highest BCUT2D eigenvalue weighted by molar-refractivity contribution is 5.77. The van der Waals surface area contributed by atoms with Gasteiger partial charge in [0.05, 0.1) is 0 Å². The smallest absolute Gasteiger partial charge is 0.407 e. The molecule has 1 saturated heterocycles. The fourth-order valence-electron chi connectivity index (χ4n) is 3.56. The summed E-state index contributed by atoms with van der Waals surface area (Å²) in [6.07, 6.45) is 4.16. The number of rotatable bonds is 5. The molecule has 0 aliphatic carbocycles. The second-order valence-corrected chi connectivity index (χ2v) is 6.72. The third-order valence-corrected chi connectivity index (χ3v) is 5.12. The quantitative estimate of drug-likeness (QED) is 0.866. The van der Waals surface area contributed by atoms with Crippen LogP contribution in [0.5, 0.6) is 0 Å². The molecule has 6 heteroatoms. The SMILES string of the molecule is O=C(CC1(c2ccccc2)CCN(C(=O)O)CC1)NCc1ccncc1. The Morgan fingerprint density at radius 1 is 1.08 bits per heavy atom. The van der Waals surface area contributed by atoms with Crippen LogP contribution in [0.25, 0.3) is 0 Å². The molecule has 136 valence electrons. The minimum Gasteiger partial charge on any atom is -0.465 e. The first-order valence-electron chi connectivity index (χ1n) is 8.78. The molecule has 2 N–H and O–H groups in total. The number of nitrogens with zero attached hydrogens (tertiary/aromatic N) is 2. The average molecular weight is 353 g/mol. The van der Waals surface area contributed by atoms with E-state index in [1.165, 1.54) is 4.90 Å². The Labute approximate surface area is 152 Å². The van der Waals surface area contributed by atoms with Crippen LogP contribution in [0.15, 0.2) is 54.9 Å². The molecular formula is C20H23N3O3. The molecule has 0 spiro atoms. The summed E-state index contributed by atoms with van der Waals surface area (Å²) < 4.78 is 0. The van der Waals surface area contributed by atoms with Crippen LogP contribution in [0.4, 0.5) is 4.79 Å². The minimum atomic E-state index is -0.895. The number of likely N-dealkylation sites (tertiary alicyclic amines) is 1. The lowest BCUT2D eigenvalue weighted by Crippen LogP contribution is -2.46. The summed E-state index contributed by atoms with van der Waals surface area (Å²) in [5, 5.41) is 12.2. The van der Waals surface area contributed by atoms with Gasteiger partial charge in [-0.3, -0.25) is 9.78 Å². The lowest BCUT2D eigenvalue weighted by Gasteiger charge is -2.41. The molecule has 1 fully saturated rings. The van der Waals surface area contributed by atoms with Gasteiger partial charge in [-0.2, -0.15) is 0 Å². The summed E-state index contributed by atoms with van der Waals surface area (Å²) >= 11 is 0. The van der Waals surface area contributed by atoms with Crippen molar-refractivity contribution in [1.29, 1.82) is 0 Å². The van der Waals surface area contributed by atoms with E-state index in [9.17, 15) is 14.7 Å². The zero-order valence-corrected chi connectivity index (χ0v) is 14.6. The van der Waals surface area contributed by atoms with Gasteiger partial charge in [0.25, 0.3) is 0 Å². The molecular weight excluding hydrogens is 330 g/mol. The molecule has 6 nitrogen and oxygen atoms in total. The van der Waals surface area contributed by atoms with E-state index in [0.29, 0.717) is 38.9 Å². The number of carbonyl (C=O) groups excluding carboxylic acids is 1. The summed E-state index contributed by atoms with van der Waals surface area (Å²) in [6, 6.07) is 13.7. The number of amides is 2. The summed E-state index contributed by atoms with van der Waals surface area (Å²) in [5.74, 6) is -0.0190. The highest BCUT2D eigenvalue weighted by atomic mass is 16.4. The number of pyridine rings is 1. The van der Waals surface area contributed by atoms with E-state index in [1.54, 1.807) is 12.4 Å². The lowest BCUT2D eigenvalue weighted by atomic mass is 9.70. The van der Waals surface area contributed by atoms with Crippen molar-refractivity contribution in [2.75, 3.05) is 13.1 Å². The number of aromatic nitrogens is 1. The Morgan fingerprint density at radius 2 is 1.73 bits per heavy atom. The Hall–Kier alpha value is -2.89. The van der Waals surface area contributed by atoms with Crippen molar-refractivity contribution < 1.29 is 14.7 Å². The number of piperidine rings is 1.